The first-order valence-corrected chi connectivity index (χ1v) is 20.3. The van der Waals surface area contributed by atoms with Gasteiger partial charge in [-0.1, -0.05) is 147 Å². The van der Waals surface area contributed by atoms with E-state index in [9.17, 15) is 0 Å². The van der Waals surface area contributed by atoms with Crippen molar-refractivity contribution in [2.45, 2.75) is 19.3 Å². The van der Waals surface area contributed by atoms with Gasteiger partial charge in [0, 0.05) is 37.4 Å². The molecule has 1 aliphatic carbocycles. The first-order valence-electron chi connectivity index (χ1n) is 19.5. The van der Waals surface area contributed by atoms with Crippen LogP contribution in [0.3, 0.4) is 0 Å². The molecule has 0 saturated heterocycles. The first kappa shape index (κ1) is 32.4. The molecule has 3 aromatic heterocycles. The molecule has 268 valence electrons. The molecule has 1 aliphatic rings. The van der Waals surface area contributed by atoms with Crippen LogP contribution in [0.2, 0.25) is 0 Å². The average Bonchev–Trinajstić information content (AvgIpc) is 3.90. The number of hydrogen-bond acceptors (Lipinski definition) is 4. The molecule has 3 heterocycles. The SMILES string of the molecule is CC1(C)c2ccccc2-c2cc(-c3ccc(-c4nc(-c5cccc6oc7cc(-c8ccc9ccccc9c8)ccc7c56)nc5c4sc4ccccc45)cc3)ccc21. The van der Waals surface area contributed by atoms with E-state index in [0.717, 1.165) is 65.5 Å². The van der Waals surface area contributed by atoms with E-state index >= 15 is 0 Å². The van der Waals surface area contributed by atoms with Gasteiger partial charge in [-0.25, -0.2) is 9.97 Å². The lowest BCUT2D eigenvalue weighted by atomic mass is 9.82. The summed E-state index contributed by atoms with van der Waals surface area (Å²) in [5.74, 6) is 0.692. The molecular formula is C53H34N2OS. The van der Waals surface area contributed by atoms with Crippen LogP contribution in [-0.2, 0) is 5.41 Å². The van der Waals surface area contributed by atoms with Gasteiger partial charge in [-0.3, -0.25) is 0 Å². The van der Waals surface area contributed by atoms with Crippen molar-refractivity contribution in [3.63, 3.8) is 0 Å². The number of nitrogens with zero attached hydrogens (tertiary/aromatic N) is 2. The van der Waals surface area contributed by atoms with Gasteiger partial charge in [0.2, 0.25) is 0 Å². The molecule has 12 rings (SSSR count). The summed E-state index contributed by atoms with van der Waals surface area (Å²) in [7, 11) is 0. The smallest absolute Gasteiger partial charge is 0.161 e. The average molecular weight is 747 g/mol. The number of thiophene rings is 1. The fraction of sp³-hybridized carbons (Fsp3) is 0.0566. The second-order valence-electron chi connectivity index (χ2n) is 15.7. The number of rotatable bonds is 4. The van der Waals surface area contributed by atoms with E-state index < -0.39 is 0 Å². The third kappa shape index (κ3) is 4.90. The summed E-state index contributed by atoms with van der Waals surface area (Å²) in [4.78, 5) is 10.8. The molecule has 0 atom stereocenters. The van der Waals surface area contributed by atoms with E-state index in [0.29, 0.717) is 5.82 Å². The lowest BCUT2D eigenvalue weighted by Gasteiger charge is -2.21. The molecule has 0 fully saturated rings. The Morgan fingerprint density at radius 1 is 0.474 bits per heavy atom. The van der Waals surface area contributed by atoms with Gasteiger partial charge in [0.05, 0.1) is 15.9 Å². The van der Waals surface area contributed by atoms with Crippen molar-refractivity contribution in [3.05, 3.63) is 181 Å². The van der Waals surface area contributed by atoms with Crippen molar-refractivity contribution < 1.29 is 4.42 Å². The Hall–Kier alpha value is -6.88. The zero-order chi connectivity index (χ0) is 37.8. The van der Waals surface area contributed by atoms with Crippen LogP contribution in [0.25, 0.3) is 109 Å². The predicted molar refractivity (Wildman–Crippen MR) is 239 cm³/mol. The minimum absolute atomic E-state index is 0.0113. The minimum atomic E-state index is -0.0113. The second-order valence-corrected chi connectivity index (χ2v) is 16.8. The summed E-state index contributed by atoms with van der Waals surface area (Å²) >= 11 is 1.76. The molecule has 57 heavy (non-hydrogen) atoms. The Bertz CT molecular complexity index is 3440. The molecule has 0 saturated carbocycles. The van der Waals surface area contributed by atoms with Crippen molar-refractivity contribution in [2.75, 3.05) is 0 Å². The third-order valence-corrected chi connectivity index (χ3v) is 13.3. The maximum Gasteiger partial charge on any atom is 0.161 e. The van der Waals surface area contributed by atoms with Gasteiger partial charge < -0.3 is 4.42 Å². The van der Waals surface area contributed by atoms with Crippen molar-refractivity contribution >= 4 is 64.4 Å². The van der Waals surface area contributed by atoms with Gasteiger partial charge in [-0.15, -0.1) is 11.3 Å². The van der Waals surface area contributed by atoms with Gasteiger partial charge in [0.1, 0.15) is 11.2 Å². The van der Waals surface area contributed by atoms with E-state index in [1.807, 2.05) is 12.1 Å². The Labute approximate surface area is 333 Å². The van der Waals surface area contributed by atoms with Crippen LogP contribution in [0.15, 0.2) is 174 Å². The lowest BCUT2D eigenvalue weighted by molar-refractivity contribution is 0.660. The maximum atomic E-state index is 6.58. The predicted octanol–water partition coefficient (Wildman–Crippen LogP) is 14.9. The molecule has 4 heteroatoms. The third-order valence-electron chi connectivity index (χ3n) is 12.1. The van der Waals surface area contributed by atoms with Crippen LogP contribution in [0, 0.1) is 0 Å². The summed E-state index contributed by atoms with van der Waals surface area (Å²) in [6.45, 7) is 4.66. The Morgan fingerprint density at radius 2 is 1.16 bits per heavy atom. The quantitative estimate of drug-likeness (QED) is 0.180. The van der Waals surface area contributed by atoms with Crippen molar-refractivity contribution in [3.8, 4) is 56.0 Å². The summed E-state index contributed by atoms with van der Waals surface area (Å²) in [5.41, 5.74) is 15.7. The zero-order valence-electron chi connectivity index (χ0n) is 31.4. The molecule has 3 nitrogen and oxygen atoms in total. The summed E-state index contributed by atoms with van der Waals surface area (Å²) < 4.78 is 8.87. The van der Waals surface area contributed by atoms with Crippen LogP contribution in [0.1, 0.15) is 25.0 Å². The second kappa shape index (κ2) is 12.1. The Morgan fingerprint density at radius 3 is 2.07 bits per heavy atom. The van der Waals surface area contributed by atoms with Gasteiger partial charge in [-0.05, 0) is 91.7 Å². The van der Waals surface area contributed by atoms with Crippen molar-refractivity contribution in [2.24, 2.45) is 0 Å². The van der Waals surface area contributed by atoms with Gasteiger partial charge >= 0.3 is 0 Å². The molecule has 8 aromatic carbocycles. The van der Waals surface area contributed by atoms with E-state index in [2.05, 4.69) is 172 Å². The Balaban J connectivity index is 0.987. The highest BCUT2D eigenvalue weighted by Crippen LogP contribution is 2.50. The minimum Gasteiger partial charge on any atom is -0.456 e. The lowest BCUT2D eigenvalue weighted by Crippen LogP contribution is -2.14. The monoisotopic (exact) mass is 746 g/mol. The fourth-order valence-corrected chi connectivity index (χ4v) is 10.3. The number of aromatic nitrogens is 2. The molecule has 0 bridgehead atoms. The molecule has 0 amide bonds. The molecule has 0 aliphatic heterocycles. The van der Waals surface area contributed by atoms with E-state index in [1.54, 1.807) is 11.3 Å². The largest absolute Gasteiger partial charge is 0.456 e. The summed E-state index contributed by atoms with van der Waals surface area (Å²) in [5, 5.41) is 5.68. The highest BCUT2D eigenvalue weighted by Gasteiger charge is 2.35. The maximum absolute atomic E-state index is 6.58. The van der Waals surface area contributed by atoms with Crippen LogP contribution >= 0.6 is 11.3 Å². The van der Waals surface area contributed by atoms with Crippen LogP contribution in [0.5, 0.6) is 0 Å². The Kier molecular flexibility index (Phi) is 6.85. The molecule has 0 unspecified atom stereocenters. The van der Waals surface area contributed by atoms with Crippen LogP contribution < -0.4 is 0 Å². The summed E-state index contributed by atoms with van der Waals surface area (Å²) in [6.07, 6.45) is 0. The van der Waals surface area contributed by atoms with Crippen LogP contribution in [0.4, 0.5) is 0 Å². The van der Waals surface area contributed by atoms with E-state index in [4.69, 9.17) is 14.4 Å². The number of fused-ring (bicyclic) bond motifs is 10. The highest BCUT2D eigenvalue weighted by atomic mass is 32.1. The molecular weight excluding hydrogens is 713 g/mol. The van der Waals surface area contributed by atoms with E-state index in [-0.39, 0.29) is 5.41 Å². The first-order chi connectivity index (χ1) is 28.0. The zero-order valence-corrected chi connectivity index (χ0v) is 32.2. The van der Waals surface area contributed by atoms with Crippen LogP contribution in [-0.4, -0.2) is 9.97 Å². The molecule has 0 N–H and O–H groups in total. The molecule has 0 spiro atoms. The highest BCUT2D eigenvalue weighted by molar-refractivity contribution is 7.26. The fourth-order valence-electron chi connectivity index (χ4n) is 9.19. The number of benzene rings is 8. The van der Waals surface area contributed by atoms with Crippen molar-refractivity contribution in [1.82, 2.24) is 9.97 Å². The standard InChI is InChI=1S/C53H34N2OS/c1-53(2)43-15-7-5-12-38(43)42-29-36(25-27-44(42)53)32-18-21-33(22-19-32)49-51-50(40-13-6-8-17-47(40)57-51)55-52(54-49)41-14-9-16-45-48(41)39-26-24-37(30-46(39)56-45)35-23-20-31-10-3-4-11-34(31)28-35/h3-30H,1-2H3. The summed E-state index contributed by atoms with van der Waals surface area (Å²) in [6, 6.07) is 61.1. The number of furan rings is 1. The van der Waals surface area contributed by atoms with Gasteiger partial charge in [0.25, 0.3) is 0 Å². The van der Waals surface area contributed by atoms with Crippen molar-refractivity contribution in [1.29, 1.82) is 0 Å². The van der Waals surface area contributed by atoms with E-state index in [1.165, 1.54) is 48.9 Å². The molecule has 11 aromatic rings. The van der Waals surface area contributed by atoms with Gasteiger partial charge in [0.15, 0.2) is 5.82 Å². The molecule has 0 radical (unpaired) electrons. The van der Waals surface area contributed by atoms with Gasteiger partial charge in [-0.2, -0.15) is 0 Å². The topological polar surface area (TPSA) is 38.9 Å². The number of hydrogen-bond donors (Lipinski definition) is 0. The normalized spacial score (nSPS) is 13.2.